The molecule has 27 heavy (non-hydrogen) atoms. The van der Waals surface area contributed by atoms with E-state index in [0.29, 0.717) is 6.54 Å². The van der Waals surface area contributed by atoms with Crippen LogP contribution < -0.4 is 10.6 Å². The SMILES string of the molecule is O=C(COC(=O)CSc1ccc2c(c1)CCC2)NC(=O)NCc1cccs1. The molecule has 142 valence electrons. The van der Waals surface area contributed by atoms with Crippen LogP contribution in [-0.4, -0.2) is 30.3 Å². The molecule has 3 rings (SSSR count). The van der Waals surface area contributed by atoms with Crippen molar-refractivity contribution in [3.05, 3.63) is 51.7 Å². The van der Waals surface area contributed by atoms with Gasteiger partial charge in [-0.2, -0.15) is 0 Å². The third-order valence-corrected chi connectivity index (χ3v) is 5.89. The van der Waals surface area contributed by atoms with E-state index < -0.39 is 24.5 Å². The second-order valence-electron chi connectivity index (χ2n) is 6.04. The highest BCUT2D eigenvalue weighted by Crippen LogP contribution is 2.27. The number of thiophene rings is 1. The Morgan fingerprint density at radius 3 is 2.81 bits per heavy atom. The fraction of sp³-hybridized carbons (Fsp3) is 0.316. The van der Waals surface area contributed by atoms with Gasteiger partial charge >= 0.3 is 12.0 Å². The number of urea groups is 1. The normalized spacial score (nSPS) is 12.3. The summed E-state index contributed by atoms with van der Waals surface area (Å²) in [5.41, 5.74) is 2.73. The van der Waals surface area contributed by atoms with E-state index in [1.54, 1.807) is 0 Å². The van der Waals surface area contributed by atoms with Crippen molar-refractivity contribution in [3.8, 4) is 0 Å². The average Bonchev–Trinajstić information content (AvgIpc) is 3.34. The highest BCUT2D eigenvalue weighted by atomic mass is 32.2. The zero-order valence-corrected chi connectivity index (χ0v) is 16.3. The lowest BCUT2D eigenvalue weighted by Gasteiger charge is -2.07. The van der Waals surface area contributed by atoms with E-state index in [-0.39, 0.29) is 5.75 Å². The number of amides is 3. The number of aryl methyl sites for hydroxylation is 2. The minimum absolute atomic E-state index is 0.122. The number of ether oxygens (including phenoxy) is 1. The first-order valence-corrected chi connectivity index (χ1v) is 10.5. The van der Waals surface area contributed by atoms with Crippen LogP contribution in [-0.2, 0) is 33.7 Å². The fourth-order valence-corrected chi connectivity index (χ4v) is 4.16. The summed E-state index contributed by atoms with van der Waals surface area (Å²) in [5.74, 6) is -1.03. The number of hydrogen-bond acceptors (Lipinski definition) is 6. The highest BCUT2D eigenvalue weighted by molar-refractivity contribution is 8.00. The molecular formula is C19H20N2O4S2. The van der Waals surface area contributed by atoms with E-state index in [1.807, 2.05) is 23.6 Å². The molecule has 6 nitrogen and oxygen atoms in total. The van der Waals surface area contributed by atoms with E-state index in [9.17, 15) is 14.4 Å². The standard InChI is InChI=1S/C19H20N2O4S2/c22-17(21-19(24)20-10-16-5-2-8-26-16)11-25-18(23)12-27-15-7-6-13-3-1-4-14(13)9-15/h2,5-9H,1,3-4,10-12H2,(H2,20,21,22,24). The van der Waals surface area contributed by atoms with Gasteiger partial charge in [0, 0.05) is 9.77 Å². The third kappa shape index (κ3) is 6.11. The van der Waals surface area contributed by atoms with Crippen LogP contribution in [0.4, 0.5) is 4.79 Å². The van der Waals surface area contributed by atoms with Gasteiger partial charge in [-0.1, -0.05) is 12.1 Å². The second kappa shape index (κ2) is 9.57. The summed E-state index contributed by atoms with van der Waals surface area (Å²) in [6.07, 6.45) is 3.39. The molecule has 1 aromatic carbocycles. The maximum Gasteiger partial charge on any atom is 0.321 e. The molecule has 0 spiro atoms. The second-order valence-corrected chi connectivity index (χ2v) is 8.12. The molecule has 1 aliphatic rings. The molecule has 8 heteroatoms. The Morgan fingerprint density at radius 2 is 2.00 bits per heavy atom. The van der Waals surface area contributed by atoms with Crippen molar-refractivity contribution < 1.29 is 19.1 Å². The Hall–Kier alpha value is -2.32. The van der Waals surface area contributed by atoms with Gasteiger partial charge in [0.25, 0.3) is 5.91 Å². The zero-order valence-electron chi connectivity index (χ0n) is 14.7. The predicted octanol–water partition coefficient (Wildman–Crippen LogP) is 2.90. The highest BCUT2D eigenvalue weighted by Gasteiger charge is 2.13. The van der Waals surface area contributed by atoms with Gasteiger partial charge in [0.05, 0.1) is 12.3 Å². The van der Waals surface area contributed by atoms with Crippen LogP contribution in [0.1, 0.15) is 22.4 Å². The monoisotopic (exact) mass is 404 g/mol. The minimum atomic E-state index is -0.658. The molecule has 1 aliphatic carbocycles. The van der Waals surface area contributed by atoms with Crippen molar-refractivity contribution in [2.24, 2.45) is 0 Å². The number of carbonyl (C=O) groups excluding carboxylic acids is 3. The average molecular weight is 405 g/mol. The van der Waals surface area contributed by atoms with Crippen molar-refractivity contribution in [2.45, 2.75) is 30.7 Å². The van der Waals surface area contributed by atoms with Crippen LogP contribution in [0, 0.1) is 0 Å². The van der Waals surface area contributed by atoms with Crippen LogP contribution in [0.2, 0.25) is 0 Å². The van der Waals surface area contributed by atoms with Crippen molar-refractivity contribution in [2.75, 3.05) is 12.4 Å². The number of thioether (sulfide) groups is 1. The van der Waals surface area contributed by atoms with Crippen molar-refractivity contribution in [3.63, 3.8) is 0 Å². The molecule has 0 bridgehead atoms. The quantitative estimate of drug-likeness (QED) is 0.548. The molecule has 2 aromatic rings. The van der Waals surface area contributed by atoms with Crippen LogP contribution in [0.5, 0.6) is 0 Å². The number of carbonyl (C=O) groups is 3. The lowest BCUT2D eigenvalue weighted by Crippen LogP contribution is -2.41. The molecule has 1 heterocycles. The van der Waals surface area contributed by atoms with E-state index in [4.69, 9.17) is 4.74 Å². The van der Waals surface area contributed by atoms with Gasteiger partial charge in [0.1, 0.15) is 0 Å². The summed E-state index contributed by atoms with van der Waals surface area (Å²) in [6.45, 7) is -0.135. The number of rotatable bonds is 7. The summed E-state index contributed by atoms with van der Waals surface area (Å²) >= 11 is 2.89. The van der Waals surface area contributed by atoms with Crippen molar-refractivity contribution in [1.29, 1.82) is 0 Å². The van der Waals surface area contributed by atoms with Crippen molar-refractivity contribution >= 4 is 41.0 Å². The number of benzene rings is 1. The summed E-state index contributed by atoms with van der Waals surface area (Å²) in [6, 6.07) is 9.38. The summed E-state index contributed by atoms with van der Waals surface area (Å²) in [7, 11) is 0. The van der Waals surface area contributed by atoms with Crippen LogP contribution in [0.15, 0.2) is 40.6 Å². The molecule has 0 saturated heterocycles. The Labute approximate surface area is 165 Å². The lowest BCUT2D eigenvalue weighted by molar-refractivity contribution is -0.145. The molecule has 0 unspecified atom stereocenters. The van der Waals surface area contributed by atoms with E-state index in [0.717, 1.165) is 22.6 Å². The maximum atomic E-state index is 11.8. The van der Waals surface area contributed by atoms with Crippen LogP contribution >= 0.6 is 23.1 Å². The van der Waals surface area contributed by atoms with Gasteiger partial charge in [0.2, 0.25) is 0 Å². The van der Waals surface area contributed by atoms with E-state index >= 15 is 0 Å². The third-order valence-electron chi connectivity index (χ3n) is 4.05. The number of imide groups is 1. The van der Waals surface area contributed by atoms with Gasteiger partial charge < -0.3 is 10.1 Å². The molecule has 0 radical (unpaired) electrons. The van der Waals surface area contributed by atoms with Crippen molar-refractivity contribution in [1.82, 2.24) is 10.6 Å². The Kier molecular flexibility index (Phi) is 6.89. The Morgan fingerprint density at radius 1 is 1.15 bits per heavy atom. The number of fused-ring (bicyclic) bond motifs is 1. The Balaban J connectivity index is 1.32. The predicted molar refractivity (Wildman–Crippen MR) is 105 cm³/mol. The van der Waals surface area contributed by atoms with Crippen LogP contribution in [0.25, 0.3) is 0 Å². The molecule has 0 aliphatic heterocycles. The minimum Gasteiger partial charge on any atom is -0.455 e. The van der Waals surface area contributed by atoms with Gasteiger partial charge in [-0.05, 0) is 54.0 Å². The Bertz CT molecular complexity index is 821. The first-order chi connectivity index (χ1) is 13.1. The number of nitrogens with one attached hydrogen (secondary N) is 2. The largest absolute Gasteiger partial charge is 0.455 e. The van der Waals surface area contributed by atoms with E-state index in [1.165, 1.54) is 40.6 Å². The summed E-state index contributed by atoms with van der Waals surface area (Å²) in [5, 5.41) is 6.60. The fourth-order valence-electron chi connectivity index (χ4n) is 2.76. The van der Waals surface area contributed by atoms with Gasteiger partial charge in [-0.25, -0.2) is 4.79 Å². The molecule has 0 fully saturated rings. The first-order valence-electron chi connectivity index (χ1n) is 8.60. The van der Waals surface area contributed by atoms with E-state index in [2.05, 4.69) is 22.8 Å². The molecular weight excluding hydrogens is 384 g/mol. The zero-order chi connectivity index (χ0) is 19.1. The smallest absolute Gasteiger partial charge is 0.321 e. The topological polar surface area (TPSA) is 84.5 Å². The maximum absolute atomic E-state index is 11.8. The summed E-state index contributed by atoms with van der Waals surface area (Å²) in [4.78, 5) is 37.1. The van der Waals surface area contributed by atoms with Crippen LogP contribution in [0.3, 0.4) is 0 Å². The molecule has 1 aromatic heterocycles. The molecule has 0 saturated carbocycles. The molecule has 3 amide bonds. The first kappa shape index (κ1) is 19.4. The lowest BCUT2D eigenvalue weighted by atomic mass is 10.1. The molecule has 2 N–H and O–H groups in total. The number of hydrogen-bond donors (Lipinski definition) is 2. The van der Waals surface area contributed by atoms with Gasteiger partial charge in [0.15, 0.2) is 6.61 Å². The number of esters is 1. The molecule has 0 atom stereocenters. The summed E-state index contributed by atoms with van der Waals surface area (Å²) < 4.78 is 4.92. The van der Waals surface area contributed by atoms with Gasteiger partial charge in [-0.3, -0.25) is 14.9 Å². The van der Waals surface area contributed by atoms with Gasteiger partial charge in [-0.15, -0.1) is 23.1 Å².